The van der Waals surface area contributed by atoms with E-state index in [2.05, 4.69) is 22.8 Å². The lowest BCUT2D eigenvalue weighted by Crippen LogP contribution is -2.49. The molecule has 1 fully saturated rings. The normalized spacial score (nSPS) is 16.3. The van der Waals surface area contributed by atoms with E-state index in [0.717, 1.165) is 31.2 Å². The third kappa shape index (κ3) is 3.64. The number of rotatable bonds is 3. The fourth-order valence-electron chi connectivity index (χ4n) is 2.40. The van der Waals surface area contributed by atoms with Crippen molar-refractivity contribution in [1.29, 1.82) is 0 Å². The Morgan fingerprint density at radius 3 is 2.50 bits per heavy atom. The first-order valence-corrected chi connectivity index (χ1v) is 7.29. The molecule has 0 spiro atoms. The molecule has 0 saturated carbocycles. The van der Waals surface area contributed by atoms with Gasteiger partial charge in [0.15, 0.2) is 0 Å². The second kappa shape index (κ2) is 6.46. The second-order valence-corrected chi connectivity index (χ2v) is 5.92. The highest BCUT2D eigenvalue weighted by Gasteiger charge is 2.20. The molecule has 1 aromatic carbocycles. The number of anilines is 1. The molecule has 1 heterocycles. The minimum atomic E-state index is 0.164. The SMILES string of the molecule is Cc1ccc(Cl)cc1N1CCN(CC(=O)N(C)C)CC1. The maximum Gasteiger partial charge on any atom is 0.236 e. The van der Waals surface area contributed by atoms with E-state index in [-0.39, 0.29) is 5.91 Å². The first-order chi connectivity index (χ1) is 9.47. The summed E-state index contributed by atoms with van der Waals surface area (Å²) in [5, 5.41) is 0.774. The zero-order valence-corrected chi connectivity index (χ0v) is 13.2. The van der Waals surface area contributed by atoms with Crippen LogP contribution in [0.2, 0.25) is 5.02 Å². The summed E-state index contributed by atoms with van der Waals surface area (Å²) in [5.74, 6) is 0.164. The zero-order valence-electron chi connectivity index (χ0n) is 12.4. The zero-order chi connectivity index (χ0) is 14.7. The number of carbonyl (C=O) groups is 1. The molecule has 20 heavy (non-hydrogen) atoms. The van der Waals surface area contributed by atoms with Gasteiger partial charge in [0.1, 0.15) is 0 Å². The minimum absolute atomic E-state index is 0.164. The summed E-state index contributed by atoms with van der Waals surface area (Å²) in [6, 6.07) is 6.00. The quantitative estimate of drug-likeness (QED) is 0.852. The molecule has 0 atom stereocenters. The van der Waals surface area contributed by atoms with E-state index >= 15 is 0 Å². The van der Waals surface area contributed by atoms with Crippen molar-refractivity contribution in [3.05, 3.63) is 28.8 Å². The molecule has 1 aliphatic rings. The van der Waals surface area contributed by atoms with Crippen molar-refractivity contribution >= 4 is 23.2 Å². The standard InChI is InChI=1S/C15H22ClN3O/c1-12-4-5-13(16)10-14(12)19-8-6-18(7-9-19)11-15(20)17(2)3/h4-5,10H,6-9,11H2,1-3H3. The first-order valence-electron chi connectivity index (χ1n) is 6.91. The molecule has 110 valence electrons. The Morgan fingerprint density at radius 2 is 1.90 bits per heavy atom. The lowest BCUT2D eigenvalue weighted by atomic mass is 10.1. The maximum absolute atomic E-state index is 11.7. The number of nitrogens with zero attached hydrogens (tertiary/aromatic N) is 3. The lowest BCUT2D eigenvalue weighted by molar-refractivity contribution is -0.129. The predicted molar refractivity (Wildman–Crippen MR) is 83.5 cm³/mol. The number of aryl methyl sites for hydroxylation is 1. The van der Waals surface area contributed by atoms with Gasteiger partial charge in [-0.1, -0.05) is 17.7 Å². The van der Waals surface area contributed by atoms with Crippen LogP contribution in [0.3, 0.4) is 0 Å². The summed E-state index contributed by atoms with van der Waals surface area (Å²) in [6.07, 6.45) is 0. The van der Waals surface area contributed by atoms with Crippen molar-refractivity contribution in [1.82, 2.24) is 9.80 Å². The Balaban J connectivity index is 1.94. The Kier molecular flexibility index (Phi) is 4.89. The maximum atomic E-state index is 11.7. The van der Waals surface area contributed by atoms with Crippen molar-refractivity contribution in [2.45, 2.75) is 6.92 Å². The average molecular weight is 296 g/mol. The molecule has 1 aliphatic heterocycles. The van der Waals surface area contributed by atoms with Crippen LogP contribution in [0, 0.1) is 6.92 Å². The number of carbonyl (C=O) groups excluding carboxylic acids is 1. The molecular formula is C15H22ClN3O. The number of hydrogen-bond acceptors (Lipinski definition) is 3. The second-order valence-electron chi connectivity index (χ2n) is 5.48. The van der Waals surface area contributed by atoms with Gasteiger partial charge in [-0.15, -0.1) is 0 Å². The van der Waals surface area contributed by atoms with E-state index < -0.39 is 0 Å². The molecule has 0 bridgehead atoms. The summed E-state index contributed by atoms with van der Waals surface area (Å²) in [7, 11) is 3.60. The van der Waals surface area contributed by atoms with Crippen LogP contribution < -0.4 is 4.90 Å². The first kappa shape index (κ1) is 15.1. The fraction of sp³-hybridized carbons (Fsp3) is 0.533. The van der Waals surface area contributed by atoms with Gasteiger partial charge in [0.05, 0.1) is 6.54 Å². The molecule has 0 aliphatic carbocycles. The molecule has 1 saturated heterocycles. The highest BCUT2D eigenvalue weighted by atomic mass is 35.5. The third-order valence-corrected chi connectivity index (χ3v) is 3.98. The monoisotopic (exact) mass is 295 g/mol. The van der Waals surface area contributed by atoms with Crippen LogP contribution in [0.4, 0.5) is 5.69 Å². The Bertz CT molecular complexity index is 482. The fourth-order valence-corrected chi connectivity index (χ4v) is 2.57. The molecule has 4 nitrogen and oxygen atoms in total. The highest BCUT2D eigenvalue weighted by Crippen LogP contribution is 2.25. The van der Waals surface area contributed by atoms with Crippen LogP contribution in [0.15, 0.2) is 18.2 Å². The Hall–Kier alpha value is -1.26. The molecule has 0 aromatic heterocycles. The number of likely N-dealkylation sites (N-methyl/N-ethyl adjacent to an activating group) is 1. The number of benzene rings is 1. The predicted octanol–water partition coefficient (Wildman–Crippen LogP) is 1.86. The summed E-state index contributed by atoms with van der Waals surface area (Å²) in [5.41, 5.74) is 2.45. The largest absolute Gasteiger partial charge is 0.369 e. The Morgan fingerprint density at radius 1 is 1.25 bits per heavy atom. The van der Waals surface area contributed by atoms with E-state index in [9.17, 15) is 4.79 Å². The van der Waals surface area contributed by atoms with Gasteiger partial charge in [-0.05, 0) is 24.6 Å². The lowest BCUT2D eigenvalue weighted by Gasteiger charge is -2.36. The minimum Gasteiger partial charge on any atom is -0.369 e. The smallest absolute Gasteiger partial charge is 0.236 e. The number of hydrogen-bond donors (Lipinski definition) is 0. The van der Waals surface area contributed by atoms with Gasteiger partial charge in [0.25, 0.3) is 0 Å². The molecule has 0 unspecified atom stereocenters. The number of halogens is 1. The number of amides is 1. The molecule has 2 rings (SSSR count). The van der Waals surface area contributed by atoms with Crippen molar-refractivity contribution in [3.8, 4) is 0 Å². The molecule has 0 radical (unpaired) electrons. The van der Waals surface area contributed by atoms with E-state index in [0.29, 0.717) is 6.54 Å². The van der Waals surface area contributed by atoms with Gasteiger partial charge in [0, 0.05) is 51.0 Å². The Labute approximate surface area is 125 Å². The van der Waals surface area contributed by atoms with Gasteiger partial charge in [0.2, 0.25) is 5.91 Å². The van der Waals surface area contributed by atoms with Crippen LogP contribution >= 0.6 is 11.6 Å². The van der Waals surface area contributed by atoms with Crippen LogP contribution in [0.1, 0.15) is 5.56 Å². The van der Waals surface area contributed by atoms with Gasteiger partial charge < -0.3 is 9.80 Å². The third-order valence-electron chi connectivity index (χ3n) is 3.74. The van der Waals surface area contributed by atoms with Crippen molar-refractivity contribution in [2.24, 2.45) is 0 Å². The van der Waals surface area contributed by atoms with E-state index in [4.69, 9.17) is 11.6 Å². The molecule has 0 N–H and O–H groups in total. The summed E-state index contributed by atoms with van der Waals surface area (Å²) >= 11 is 6.08. The molecular weight excluding hydrogens is 274 g/mol. The summed E-state index contributed by atoms with van der Waals surface area (Å²) in [6.45, 7) is 6.30. The summed E-state index contributed by atoms with van der Waals surface area (Å²) < 4.78 is 0. The van der Waals surface area contributed by atoms with Crippen molar-refractivity contribution < 1.29 is 4.79 Å². The van der Waals surface area contributed by atoms with Gasteiger partial charge in [-0.25, -0.2) is 0 Å². The molecule has 1 amide bonds. The topological polar surface area (TPSA) is 26.8 Å². The average Bonchev–Trinajstić information content (AvgIpc) is 2.42. The van der Waals surface area contributed by atoms with Gasteiger partial charge in [-0.3, -0.25) is 9.69 Å². The van der Waals surface area contributed by atoms with Gasteiger partial charge in [-0.2, -0.15) is 0 Å². The van der Waals surface area contributed by atoms with Crippen molar-refractivity contribution in [3.63, 3.8) is 0 Å². The van der Waals surface area contributed by atoms with Crippen LogP contribution in [-0.2, 0) is 4.79 Å². The van der Waals surface area contributed by atoms with Crippen LogP contribution in [-0.4, -0.2) is 62.5 Å². The highest BCUT2D eigenvalue weighted by molar-refractivity contribution is 6.30. The van der Waals surface area contributed by atoms with E-state index in [1.165, 1.54) is 11.3 Å². The number of piperazine rings is 1. The molecule has 5 heteroatoms. The molecule has 1 aromatic rings. The van der Waals surface area contributed by atoms with Crippen LogP contribution in [0.5, 0.6) is 0 Å². The van der Waals surface area contributed by atoms with E-state index in [1.807, 2.05) is 12.1 Å². The van der Waals surface area contributed by atoms with E-state index in [1.54, 1.807) is 19.0 Å². The van der Waals surface area contributed by atoms with Crippen LogP contribution in [0.25, 0.3) is 0 Å². The summed E-state index contributed by atoms with van der Waals surface area (Å²) in [4.78, 5) is 17.9. The van der Waals surface area contributed by atoms with Gasteiger partial charge >= 0.3 is 0 Å². The van der Waals surface area contributed by atoms with Crippen molar-refractivity contribution in [2.75, 3.05) is 51.7 Å².